The van der Waals surface area contributed by atoms with Crippen molar-refractivity contribution < 1.29 is 8.78 Å². The molecule has 0 aliphatic heterocycles. The van der Waals surface area contributed by atoms with Crippen LogP contribution in [0.1, 0.15) is 22.3 Å². The summed E-state index contributed by atoms with van der Waals surface area (Å²) < 4.78 is 32.1. The maximum Gasteiger partial charge on any atom is 0.147 e. The third kappa shape index (κ3) is 4.80. The minimum absolute atomic E-state index is 0.304. The Balaban J connectivity index is 1.28. The van der Waals surface area contributed by atoms with Gasteiger partial charge in [-0.15, -0.1) is 0 Å². The smallest absolute Gasteiger partial charge is 0.147 e. The lowest BCUT2D eigenvalue weighted by molar-refractivity contribution is 0.628. The van der Waals surface area contributed by atoms with Crippen LogP contribution in [0, 0.1) is 11.6 Å². The molecule has 2 aliphatic carbocycles. The molecular weight excluding hydrogens is 703 g/mol. The largest absolute Gasteiger partial charge is 0.308 e. The van der Waals surface area contributed by atoms with Gasteiger partial charge >= 0.3 is 0 Å². The molecule has 0 saturated carbocycles. The quantitative estimate of drug-likeness (QED) is 0.168. The van der Waals surface area contributed by atoms with Gasteiger partial charge in [0.15, 0.2) is 0 Å². The number of hydrogen-bond acceptors (Lipinski definition) is 2. The van der Waals surface area contributed by atoms with Crippen LogP contribution in [0.15, 0.2) is 206 Å². The molecule has 0 N–H and O–H groups in total. The van der Waals surface area contributed by atoms with Crippen molar-refractivity contribution in [2.24, 2.45) is 0 Å². The van der Waals surface area contributed by atoms with Crippen LogP contribution in [0.3, 0.4) is 0 Å². The second-order valence-electron chi connectivity index (χ2n) is 14.7. The van der Waals surface area contributed by atoms with E-state index in [0.29, 0.717) is 11.4 Å². The molecule has 4 heteroatoms. The van der Waals surface area contributed by atoms with Gasteiger partial charge in [-0.25, -0.2) is 8.78 Å². The van der Waals surface area contributed by atoms with Gasteiger partial charge in [-0.3, -0.25) is 0 Å². The predicted octanol–water partition coefficient (Wildman–Crippen LogP) is 14.4. The van der Waals surface area contributed by atoms with Gasteiger partial charge in [-0.05, 0) is 117 Å². The molecule has 0 unspecified atom stereocenters. The van der Waals surface area contributed by atoms with Crippen LogP contribution in [0.4, 0.5) is 42.9 Å². The summed E-state index contributed by atoms with van der Waals surface area (Å²) in [5.41, 5.74) is 12.8. The van der Waals surface area contributed by atoms with Gasteiger partial charge < -0.3 is 9.80 Å². The zero-order valence-corrected chi connectivity index (χ0v) is 30.8. The molecule has 1 spiro atoms. The van der Waals surface area contributed by atoms with Crippen LogP contribution in [0.25, 0.3) is 33.0 Å². The average Bonchev–Trinajstić information content (AvgIpc) is 3.73. The van der Waals surface area contributed by atoms with Crippen LogP contribution in [-0.4, -0.2) is 0 Å². The van der Waals surface area contributed by atoms with Crippen LogP contribution >= 0.6 is 0 Å². The van der Waals surface area contributed by atoms with E-state index in [1.807, 2.05) is 89.8 Å². The van der Waals surface area contributed by atoms with Crippen LogP contribution in [0.2, 0.25) is 0 Å². The van der Waals surface area contributed by atoms with Crippen molar-refractivity contribution in [2.75, 3.05) is 9.80 Å². The number of benzene rings is 9. The fraction of sp³-hybridized carbons (Fsp3) is 0.0189. The summed E-state index contributed by atoms with van der Waals surface area (Å²) in [6, 6.07) is 68.8. The van der Waals surface area contributed by atoms with Crippen molar-refractivity contribution in [1.29, 1.82) is 0 Å². The normalized spacial score (nSPS) is 12.9. The summed E-state index contributed by atoms with van der Waals surface area (Å²) in [5.74, 6) is -0.611. The lowest BCUT2D eigenvalue weighted by Crippen LogP contribution is -2.26. The number of para-hydroxylation sites is 4. The Labute approximate surface area is 330 Å². The molecule has 0 fully saturated rings. The van der Waals surface area contributed by atoms with Gasteiger partial charge in [0.2, 0.25) is 0 Å². The first kappa shape index (κ1) is 33.1. The van der Waals surface area contributed by atoms with Gasteiger partial charge in [0.1, 0.15) is 11.6 Å². The van der Waals surface area contributed by atoms with Crippen LogP contribution in [0.5, 0.6) is 0 Å². The molecule has 9 aromatic carbocycles. The second-order valence-corrected chi connectivity index (χ2v) is 14.7. The standard InChI is InChI=1S/C53H34F2N2/c54-47-27-13-15-29-49(47)56(35-17-3-1-4-18-35)37-31-32-42-45(33-37)53(43-25-11-9-21-38(43)39-22-10-12-26-44(39)53)46-34-51(40-23-7-8-24-41(40)52(42)46)57(36-19-5-2-6-20-36)50-30-16-14-28-48(50)55/h1-34H. The fourth-order valence-corrected chi connectivity index (χ4v) is 9.54. The predicted molar refractivity (Wildman–Crippen MR) is 230 cm³/mol. The van der Waals surface area contributed by atoms with Gasteiger partial charge in [0, 0.05) is 22.4 Å². The SMILES string of the molecule is Fc1ccccc1N(c1ccccc1)c1ccc2c(c1)C1(c3ccccc3-c3ccccc31)c1cc(N(c3ccccc3)c3ccccc3F)c3ccccc3c1-2. The highest BCUT2D eigenvalue weighted by atomic mass is 19.1. The molecule has 0 aromatic heterocycles. The van der Waals surface area contributed by atoms with E-state index in [9.17, 15) is 0 Å². The molecule has 0 amide bonds. The Morgan fingerprint density at radius 3 is 1.42 bits per heavy atom. The summed E-state index contributed by atoms with van der Waals surface area (Å²) in [4.78, 5) is 4.07. The Bertz CT molecular complexity index is 2970. The van der Waals surface area contributed by atoms with Crippen molar-refractivity contribution in [3.05, 3.63) is 240 Å². The average molecular weight is 737 g/mol. The molecule has 57 heavy (non-hydrogen) atoms. The van der Waals surface area contributed by atoms with Gasteiger partial charge in [0.05, 0.1) is 22.5 Å². The Morgan fingerprint density at radius 2 is 0.807 bits per heavy atom. The third-order valence-electron chi connectivity index (χ3n) is 11.8. The Morgan fingerprint density at radius 1 is 0.316 bits per heavy atom. The topological polar surface area (TPSA) is 6.48 Å². The summed E-state index contributed by atoms with van der Waals surface area (Å²) in [6.45, 7) is 0. The molecule has 0 atom stereocenters. The van der Waals surface area contributed by atoms with E-state index in [0.717, 1.165) is 55.8 Å². The zero-order valence-electron chi connectivity index (χ0n) is 30.8. The van der Waals surface area contributed by atoms with E-state index < -0.39 is 5.41 Å². The number of nitrogens with zero attached hydrogens (tertiary/aromatic N) is 2. The minimum atomic E-state index is -0.748. The second kappa shape index (κ2) is 12.9. The molecule has 0 bridgehead atoms. The minimum Gasteiger partial charge on any atom is -0.308 e. The number of rotatable bonds is 6. The monoisotopic (exact) mass is 736 g/mol. The maximum absolute atomic E-state index is 16.1. The summed E-state index contributed by atoms with van der Waals surface area (Å²) in [5, 5.41) is 2.08. The molecule has 11 rings (SSSR count). The molecular formula is C53H34F2N2. The number of hydrogen-bond donors (Lipinski definition) is 0. The highest BCUT2D eigenvalue weighted by Gasteiger charge is 2.52. The van der Waals surface area contributed by atoms with E-state index in [1.165, 1.54) is 34.4 Å². The molecule has 0 radical (unpaired) electrons. The van der Waals surface area contributed by atoms with E-state index >= 15 is 8.78 Å². The van der Waals surface area contributed by atoms with Gasteiger partial charge in [-0.1, -0.05) is 140 Å². The Kier molecular flexibility index (Phi) is 7.48. The lowest BCUT2D eigenvalue weighted by atomic mass is 9.70. The summed E-state index contributed by atoms with van der Waals surface area (Å²) in [6.07, 6.45) is 0. The molecule has 9 aromatic rings. The maximum atomic E-state index is 16.1. The highest BCUT2D eigenvalue weighted by Crippen LogP contribution is 2.65. The van der Waals surface area contributed by atoms with E-state index in [4.69, 9.17) is 0 Å². The molecule has 270 valence electrons. The molecule has 0 heterocycles. The Hall–Kier alpha value is -7.30. The molecule has 2 nitrogen and oxygen atoms in total. The fourth-order valence-electron chi connectivity index (χ4n) is 9.54. The van der Waals surface area contributed by atoms with Gasteiger partial charge in [0.25, 0.3) is 0 Å². The van der Waals surface area contributed by atoms with Crippen molar-refractivity contribution in [1.82, 2.24) is 0 Å². The summed E-state index contributed by atoms with van der Waals surface area (Å²) in [7, 11) is 0. The highest BCUT2D eigenvalue weighted by molar-refractivity contribution is 6.12. The van der Waals surface area contributed by atoms with Crippen molar-refractivity contribution in [3.63, 3.8) is 0 Å². The van der Waals surface area contributed by atoms with E-state index in [-0.39, 0.29) is 11.6 Å². The molecule has 0 saturated heterocycles. The summed E-state index contributed by atoms with van der Waals surface area (Å²) >= 11 is 0. The third-order valence-corrected chi connectivity index (χ3v) is 11.8. The first-order chi connectivity index (χ1) is 28.1. The zero-order chi connectivity index (χ0) is 38.1. The van der Waals surface area contributed by atoms with Gasteiger partial charge in [-0.2, -0.15) is 0 Å². The number of fused-ring (bicyclic) bond motifs is 12. The van der Waals surface area contributed by atoms with Crippen molar-refractivity contribution >= 4 is 44.9 Å². The first-order valence-electron chi connectivity index (χ1n) is 19.2. The van der Waals surface area contributed by atoms with Crippen LogP contribution in [-0.2, 0) is 5.41 Å². The first-order valence-corrected chi connectivity index (χ1v) is 19.2. The van der Waals surface area contributed by atoms with Crippen molar-refractivity contribution in [2.45, 2.75) is 5.41 Å². The number of halogens is 2. The van der Waals surface area contributed by atoms with E-state index in [2.05, 4.69) is 102 Å². The van der Waals surface area contributed by atoms with E-state index in [1.54, 1.807) is 12.1 Å². The number of anilines is 6. The van der Waals surface area contributed by atoms with Crippen LogP contribution < -0.4 is 9.80 Å². The lowest BCUT2D eigenvalue weighted by Gasteiger charge is -2.34. The molecule has 2 aliphatic rings. The van der Waals surface area contributed by atoms with Crippen molar-refractivity contribution in [3.8, 4) is 22.3 Å².